The van der Waals surface area contributed by atoms with Crippen molar-refractivity contribution in [1.82, 2.24) is 9.97 Å². The molecule has 0 radical (unpaired) electrons. The van der Waals surface area contributed by atoms with E-state index in [-0.39, 0.29) is 6.10 Å². The quantitative estimate of drug-likeness (QED) is 0.886. The fourth-order valence-corrected chi connectivity index (χ4v) is 2.57. The van der Waals surface area contributed by atoms with E-state index in [1.807, 2.05) is 18.4 Å². The van der Waals surface area contributed by atoms with Gasteiger partial charge in [-0.05, 0) is 24.8 Å². The summed E-state index contributed by atoms with van der Waals surface area (Å²) in [6, 6.07) is 1.95. The summed E-state index contributed by atoms with van der Waals surface area (Å²) in [4.78, 5) is 9.83. The van der Waals surface area contributed by atoms with Gasteiger partial charge in [-0.15, -0.1) is 11.3 Å². The Morgan fingerprint density at radius 2 is 2.24 bits per heavy atom. The molecule has 2 N–H and O–H groups in total. The second kappa shape index (κ2) is 5.42. The second-order valence-corrected chi connectivity index (χ2v) is 4.73. The van der Waals surface area contributed by atoms with E-state index in [1.54, 1.807) is 11.3 Å². The van der Waals surface area contributed by atoms with Crippen molar-refractivity contribution in [2.75, 3.05) is 12.3 Å². The minimum atomic E-state index is -0.0428. The van der Waals surface area contributed by atoms with Gasteiger partial charge in [-0.25, -0.2) is 9.97 Å². The molecule has 4 nitrogen and oxygen atoms in total. The van der Waals surface area contributed by atoms with E-state index in [9.17, 15) is 0 Å². The van der Waals surface area contributed by atoms with Crippen LogP contribution in [0.4, 0.5) is 5.82 Å². The number of fused-ring (bicyclic) bond motifs is 1. The van der Waals surface area contributed by atoms with E-state index in [2.05, 4.69) is 16.9 Å². The third kappa shape index (κ3) is 2.56. The topological polar surface area (TPSA) is 61.0 Å². The maximum atomic E-state index is 5.93. The van der Waals surface area contributed by atoms with Crippen LogP contribution in [0.3, 0.4) is 0 Å². The van der Waals surface area contributed by atoms with Crippen molar-refractivity contribution in [3.8, 4) is 0 Å². The molecule has 0 bridgehead atoms. The van der Waals surface area contributed by atoms with Crippen LogP contribution in [0.25, 0.3) is 10.2 Å². The van der Waals surface area contributed by atoms with Crippen LogP contribution in [0.15, 0.2) is 11.4 Å². The van der Waals surface area contributed by atoms with Gasteiger partial charge < -0.3 is 10.5 Å². The van der Waals surface area contributed by atoms with Gasteiger partial charge in [0.1, 0.15) is 16.8 Å². The van der Waals surface area contributed by atoms with Crippen LogP contribution in [-0.2, 0) is 4.74 Å². The van der Waals surface area contributed by atoms with Crippen LogP contribution < -0.4 is 5.73 Å². The van der Waals surface area contributed by atoms with E-state index in [4.69, 9.17) is 10.5 Å². The molecule has 1 unspecified atom stereocenters. The average molecular weight is 251 g/mol. The van der Waals surface area contributed by atoms with Gasteiger partial charge in [-0.1, -0.05) is 13.3 Å². The Morgan fingerprint density at radius 1 is 1.41 bits per heavy atom. The van der Waals surface area contributed by atoms with E-state index >= 15 is 0 Å². The number of nitrogens with zero attached hydrogens (tertiary/aromatic N) is 2. The molecule has 2 rings (SSSR count). The Labute approximate surface area is 105 Å². The maximum Gasteiger partial charge on any atom is 0.161 e. The SMILES string of the molecule is CCCC(OCC)c1nc(N)c2ccsc2n1. The van der Waals surface area contributed by atoms with Gasteiger partial charge >= 0.3 is 0 Å². The Kier molecular flexibility index (Phi) is 3.91. The second-order valence-electron chi connectivity index (χ2n) is 3.84. The largest absolute Gasteiger partial charge is 0.383 e. The molecule has 0 fully saturated rings. The van der Waals surface area contributed by atoms with E-state index in [0.717, 1.165) is 23.1 Å². The summed E-state index contributed by atoms with van der Waals surface area (Å²) in [5.41, 5.74) is 5.93. The Bertz CT molecular complexity index is 491. The predicted octanol–water partition coefficient (Wildman–Crippen LogP) is 3.15. The summed E-state index contributed by atoms with van der Waals surface area (Å²) in [5, 5.41) is 2.92. The Balaban J connectivity index is 2.38. The van der Waals surface area contributed by atoms with Crippen LogP contribution in [-0.4, -0.2) is 16.6 Å². The molecule has 17 heavy (non-hydrogen) atoms. The number of rotatable bonds is 5. The van der Waals surface area contributed by atoms with Gasteiger partial charge in [0.25, 0.3) is 0 Å². The highest BCUT2D eigenvalue weighted by Crippen LogP contribution is 2.27. The molecular weight excluding hydrogens is 234 g/mol. The number of thiophene rings is 1. The van der Waals surface area contributed by atoms with Crippen LogP contribution in [0, 0.1) is 0 Å². The minimum Gasteiger partial charge on any atom is -0.383 e. The summed E-state index contributed by atoms with van der Waals surface area (Å²) in [6.45, 7) is 4.77. The molecule has 2 heterocycles. The normalized spacial score (nSPS) is 13.1. The zero-order chi connectivity index (χ0) is 12.3. The minimum absolute atomic E-state index is 0.0428. The molecule has 92 valence electrons. The molecule has 0 aromatic carbocycles. The van der Waals surface area contributed by atoms with E-state index in [0.29, 0.717) is 18.2 Å². The number of aromatic nitrogens is 2. The lowest BCUT2D eigenvalue weighted by molar-refractivity contribution is 0.0497. The highest BCUT2D eigenvalue weighted by molar-refractivity contribution is 7.16. The van der Waals surface area contributed by atoms with Gasteiger partial charge in [0.2, 0.25) is 0 Å². The van der Waals surface area contributed by atoms with Gasteiger partial charge in [0, 0.05) is 6.61 Å². The maximum absolute atomic E-state index is 5.93. The van der Waals surface area contributed by atoms with Crippen molar-refractivity contribution < 1.29 is 4.74 Å². The summed E-state index contributed by atoms with van der Waals surface area (Å²) in [5.74, 6) is 1.26. The van der Waals surface area contributed by atoms with Gasteiger partial charge in [-0.2, -0.15) is 0 Å². The third-order valence-corrected chi connectivity index (χ3v) is 3.39. The van der Waals surface area contributed by atoms with E-state index < -0.39 is 0 Å². The standard InChI is InChI=1S/C12H17N3OS/c1-3-5-9(16-4-2)11-14-10(13)8-6-7-17-12(8)15-11/h6-7,9H,3-5H2,1-2H3,(H2,13,14,15). The number of nitrogen functional groups attached to an aromatic ring is 1. The monoisotopic (exact) mass is 251 g/mol. The van der Waals surface area contributed by atoms with Gasteiger partial charge in [0.15, 0.2) is 5.82 Å². The Morgan fingerprint density at radius 3 is 2.94 bits per heavy atom. The molecule has 0 saturated carbocycles. The highest BCUT2D eigenvalue weighted by atomic mass is 32.1. The van der Waals surface area contributed by atoms with Crippen molar-refractivity contribution in [3.05, 3.63) is 17.3 Å². The zero-order valence-electron chi connectivity index (χ0n) is 10.1. The number of nitrogens with two attached hydrogens (primary N) is 1. The molecule has 0 aliphatic heterocycles. The predicted molar refractivity (Wildman–Crippen MR) is 71.1 cm³/mol. The zero-order valence-corrected chi connectivity index (χ0v) is 11.0. The van der Waals surface area contributed by atoms with Crippen molar-refractivity contribution in [1.29, 1.82) is 0 Å². The summed E-state index contributed by atoms with van der Waals surface area (Å²) in [6.07, 6.45) is 1.92. The summed E-state index contributed by atoms with van der Waals surface area (Å²) >= 11 is 1.58. The molecule has 0 aliphatic carbocycles. The number of ether oxygens (including phenoxy) is 1. The third-order valence-electron chi connectivity index (χ3n) is 2.58. The van der Waals surface area contributed by atoms with Crippen molar-refractivity contribution in [2.45, 2.75) is 32.8 Å². The van der Waals surface area contributed by atoms with Crippen LogP contribution in [0.1, 0.15) is 38.6 Å². The molecule has 2 aromatic heterocycles. The average Bonchev–Trinajstić information content (AvgIpc) is 2.77. The van der Waals surface area contributed by atoms with E-state index in [1.165, 1.54) is 0 Å². The lowest BCUT2D eigenvalue weighted by Gasteiger charge is -2.15. The van der Waals surface area contributed by atoms with Gasteiger partial charge in [0.05, 0.1) is 5.39 Å². The van der Waals surface area contributed by atoms with Gasteiger partial charge in [-0.3, -0.25) is 0 Å². The fourth-order valence-electron chi connectivity index (χ4n) is 1.79. The van der Waals surface area contributed by atoms with Crippen LogP contribution in [0.2, 0.25) is 0 Å². The van der Waals surface area contributed by atoms with Crippen LogP contribution in [0.5, 0.6) is 0 Å². The number of anilines is 1. The molecule has 0 aliphatic rings. The molecule has 5 heteroatoms. The highest BCUT2D eigenvalue weighted by Gasteiger charge is 2.16. The molecule has 0 spiro atoms. The molecule has 0 saturated heterocycles. The molecule has 2 aromatic rings. The first-order chi connectivity index (χ1) is 8.26. The Hall–Kier alpha value is -1.20. The first kappa shape index (κ1) is 12.3. The molecule has 0 amide bonds. The number of hydrogen-bond acceptors (Lipinski definition) is 5. The summed E-state index contributed by atoms with van der Waals surface area (Å²) in [7, 11) is 0. The van der Waals surface area contributed by atoms with Crippen LogP contribution >= 0.6 is 11.3 Å². The first-order valence-electron chi connectivity index (χ1n) is 5.88. The smallest absolute Gasteiger partial charge is 0.161 e. The van der Waals surface area contributed by atoms with Crippen molar-refractivity contribution >= 4 is 27.4 Å². The first-order valence-corrected chi connectivity index (χ1v) is 6.76. The van der Waals surface area contributed by atoms with Crippen molar-refractivity contribution in [2.24, 2.45) is 0 Å². The lowest BCUT2D eigenvalue weighted by Crippen LogP contribution is -2.10. The molecular formula is C12H17N3OS. The number of hydrogen-bond donors (Lipinski definition) is 1. The lowest BCUT2D eigenvalue weighted by atomic mass is 10.2. The molecule has 1 atom stereocenters. The van der Waals surface area contributed by atoms with Crippen molar-refractivity contribution in [3.63, 3.8) is 0 Å². The summed E-state index contributed by atoms with van der Waals surface area (Å²) < 4.78 is 5.67. The fraction of sp³-hybridized carbons (Fsp3) is 0.500.